The summed E-state index contributed by atoms with van der Waals surface area (Å²) in [5.74, 6) is 0.0684. The normalized spacial score (nSPS) is 12.9. The smallest absolute Gasteiger partial charge is 0.197 e. The molecule has 0 fully saturated rings. The van der Waals surface area contributed by atoms with Crippen LogP contribution >= 0.6 is 11.6 Å². The zero-order chi connectivity index (χ0) is 21.4. The van der Waals surface area contributed by atoms with Crippen molar-refractivity contribution in [3.63, 3.8) is 0 Å². The number of Topliss-reactive ketones (excluding diaryl/α,β-unsaturated/α-hetero) is 2. The summed E-state index contributed by atoms with van der Waals surface area (Å²) in [6.07, 6.45) is 1.66. The molecule has 0 amide bonds. The first kappa shape index (κ1) is 19.3. The Kier molecular flexibility index (Phi) is 4.89. The second kappa shape index (κ2) is 7.86. The third kappa shape index (κ3) is 3.43. The molecule has 0 aliphatic heterocycles. The summed E-state index contributed by atoms with van der Waals surface area (Å²) in [6.45, 7) is 0.274. The molecular formula is C27H17ClO3. The predicted octanol–water partition coefficient (Wildman–Crippen LogP) is 6.53. The van der Waals surface area contributed by atoms with Gasteiger partial charge in [0.15, 0.2) is 11.6 Å². The number of hydrogen-bond acceptors (Lipinski definition) is 3. The number of ether oxygens (including phenoxy) is 1. The van der Waals surface area contributed by atoms with E-state index in [4.69, 9.17) is 16.3 Å². The average molecular weight is 425 g/mol. The predicted molar refractivity (Wildman–Crippen MR) is 123 cm³/mol. The molecule has 1 aliphatic carbocycles. The second-order valence-electron chi connectivity index (χ2n) is 7.34. The number of hydrogen-bond donors (Lipinski definition) is 0. The van der Waals surface area contributed by atoms with E-state index in [0.717, 1.165) is 16.3 Å². The molecule has 1 aliphatic rings. The van der Waals surface area contributed by atoms with E-state index < -0.39 is 0 Å². The van der Waals surface area contributed by atoms with Gasteiger partial charge >= 0.3 is 0 Å². The molecule has 0 radical (unpaired) electrons. The van der Waals surface area contributed by atoms with Crippen molar-refractivity contribution in [3.8, 4) is 5.75 Å². The lowest BCUT2D eigenvalue weighted by Crippen LogP contribution is -2.02. The van der Waals surface area contributed by atoms with Crippen molar-refractivity contribution >= 4 is 40.0 Å². The Morgan fingerprint density at radius 1 is 0.742 bits per heavy atom. The van der Waals surface area contributed by atoms with Gasteiger partial charge in [0.1, 0.15) is 12.4 Å². The van der Waals surface area contributed by atoms with Crippen LogP contribution in [0.3, 0.4) is 0 Å². The zero-order valence-electron chi connectivity index (χ0n) is 16.5. The van der Waals surface area contributed by atoms with Crippen LogP contribution in [0.1, 0.15) is 31.8 Å². The van der Waals surface area contributed by atoms with Gasteiger partial charge in [-0.05, 0) is 29.0 Å². The Morgan fingerprint density at radius 2 is 1.39 bits per heavy atom. The molecule has 4 aromatic carbocycles. The maximum atomic E-state index is 12.9. The molecule has 0 heterocycles. The first-order chi connectivity index (χ1) is 15.1. The molecule has 0 aromatic heterocycles. The maximum absolute atomic E-state index is 12.9. The van der Waals surface area contributed by atoms with Crippen molar-refractivity contribution < 1.29 is 14.3 Å². The lowest BCUT2D eigenvalue weighted by molar-refractivity contribution is 0.0990. The summed E-state index contributed by atoms with van der Waals surface area (Å²) >= 11 is 6.27. The van der Waals surface area contributed by atoms with Crippen molar-refractivity contribution in [2.45, 2.75) is 6.61 Å². The molecule has 0 spiro atoms. The van der Waals surface area contributed by atoms with Crippen LogP contribution in [0.15, 0.2) is 90.5 Å². The summed E-state index contributed by atoms with van der Waals surface area (Å²) < 4.78 is 6.12. The molecule has 0 saturated carbocycles. The van der Waals surface area contributed by atoms with Crippen molar-refractivity contribution in [2.24, 2.45) is 0 Å². The van der Waals surface area contributed by atoms with E-state index in [1.54, 1.807) is 30.3 Å². The molecule has 150 valence electrons. The molecule has 0 N–H and O–H groups in total. The van der Waals surface area contributed by atoms with E-state index in [2.05, 4.69) is 0 Å². The van der Waals surface area contributed by atoms with Gasteiger partial charge < -0.3 is 4.74 Å². The number of benzene rings is 4. The molecule has 0 saturated heterocycles. The monoisotopic (exact) mass is 424 g/mol. The Morgan fingerprint density at radius 3 is 2.13 bits per heavy atom. The first-order valence-corrected chi connectivity index (χ1v) is 10.3. The standard InChI is InChI=1S/C27H17ClO3/c28-24-12-6-2-8-18(24)16-31-25-14-13-17-7-1-3-9-19(17)22(25)15-23-26(29)20-10-4-5-11-21(20)27(23)30/h1-15H,16H2. The van der Waals surface area contributed by atoms with Crippen LogP contribution in [0, 0.1) is 0 Å². The topological polar surface area (TPSA) is 43.4 Å². The van der Waals surface area contributed by atoms with Crippen LogP contribution in [-0.4, -0.2) is 11.6 Å². The van der Waals surface area contributed by atoms with Gasteiger partial charge in [0.05, 0.1) is 5.57 Å². The highest BCUT2D eigenvalue weighted by Crippen LogP contribution is 2.34. The Hall–Kier alpha value is -3.69. The Balaban J connectivity index is 1.61. The highest BCUT2D eigenvalue weighted by atomic mass is 35.5. The van der Waals surface area contributed by atoms with E-state index in [-0.39, 0.29) is 23.7 Å². The minimum atomic E-state index is -0.259. The first-order valence-electron chi connectivity index (χ1n) is 9.91. The summed E-state index contributed by atoms with van der Waals surface area (Å²) in [4.78, 5) is 25.9. The lowest BCUT2D eigenvalue weighted by Gasteiger charge is -2.13. The van der Waals surface area contributed by atoms with Gasteiger partial charge in [-0.2, -0.15) is 0 Å². The minimum Gasteiger partial charge on any atom is -0.488 e. The van der Waals surface area contributed by atoms with Crippen LogP contribution in [0.2, 0.25) is 5.02 Å². The van der Waals surface area contributed by atoms with Crippen LogP contribution in [0.4, 0.5) is 0 Å². The van der Waals surface area contributed by atoms with E-state index >= 15 is 0 Å². The van der Waals surface area contributed by atoms with Crippen LogP contribution in [-0.2, 0) is 6.61 Å². The number of fused-ring (bicyclic) bond motifs is 2. The molecule has 5 rings (SSSR count). The molecule has 0 bridgehead atoms. The molecule has 4 aromatic rings. The fourth-order valence-corrected chi connectivity index (χ4v) is 4.06. The molecule has 0 unspecified atom stereocenters. The van der Waals surface area contributed by atoms with Crippen LogP contribution in [0.25, 0.3) is 16.8 Å². The van der Waals surface area contributed by atoms with Crippen molar-refractivity contribution in [3.05, 3.63) is 118 Å². The summed E-state index contributed by atoms with van der Waals surface area (Å²) in [5.41, 5.74) is 2.60. The van der Waals surface area contributed by atoms with Crippen LogP contribution < -0.4 is 4.74 Å². The summed E-state index contributed by atoms with van der Waals surface area (Å²) in [7, 11) is 0. The molecule has 31 heavy (non-hydrogen) atoms. The lowest BCUT2D eigenvalue weighted by atomic mass is 9.99. The van der Waals surface area contributed by atoms with E-state index in [0.29, 0.717) is 27.5 Å². The van der Waals surface area contributed by atoms with Gasteiger partial charge in [-0.25, -0.2) is 0 Å². The average Bonchev–Trinajstić information content (AvgIpc) is 3.04. The summed E-state index contributed by atoms with van der Waals surface area (Å²) in [6, 6.07) is 26.1. The van der Waals surface area contributed by atoms with Crippen molar-refractivity contribution in [1.82, 2.24) is 0 Å². The summed E-state index contributed by atoms with van der Waals surface area (Å²) in [5, 5.41) is 2.53. The third-order valence-corrected chi connectivity index (χ3v) is 5.83. The molecule has 4 heteroatoms. The van der Waals surface area contributed by atoms with Gasteiger partial charge in [0.25, 0.3) is 0 Å². The fraction of sp³-hybridized carbons (Fsp3) is 0.0370. The van der Waals surface area contributed by atoms with Crippen LogP contribution in [0.5, 0.6) is 5.75 Å². The number of carbonyl (C=O) groups is 2. The number of halogens is 1. The second-order valence-corrected chi connectivity index (χ2v) is 7.75. The van der Waals surface area contributed by atoms with E-state index in [1.165, 1.54) is 0 Å². The number of rotatable bonds is 4. The molecular weight excluding hydrogens is 408 g/mol. The Labute approximate surface area is 184 Å². The fourth-order valence-electron chi connectivity index (χ4n) is 3.87. The van der Waals surface area contributed by atoms with Gasteiger partial charge in [0, 0.05) is 27.3 Å². The number of carbonyl (C=O) groups excluding carboxylic acids is 2. The highest BCUT2D eigenvalue weighted by Gasteiger charge is 2.33. The number of allylic oxidation sites excluding steroid dienone is 1. The molecule has 3 nitrogen and oxygen atoms in total. The van der Waals surface area contributed by atoms with Gasteiger partial charge in [-0.1, -0.05) is 84.4 Å². The van der Waals surface area contributed by atoms with Gasteiger partial charge in [-0.15, -0.1) is 0 Å². The quantitative estimate of drug-likeness (QED) is 0.276. The van der Waals surface area contributed by atoms with Gasteiger partial charge in [-0.3, -0.25) is 9.59 Å². The molecule has 0 atom stereocenters. The minimum absolute atomic E-state index is 0.153. The van der Waals surface area contributed by atoms with E-state index in [1.807, 2.05) is 60.7 Å². The van der Waals surface area contributed by atoms with Crippen molar-refractivity contribution in [1.29, 1.82) is 0 Å². The third-order valence-electron chi connectivity index (χ3n) is 5.47. The SMILES string of the molecule is O=C1C(=Cc2c(OCc3ccccc3Cl)ccc3ccccc23)C(=O)c2ccccc21. The Bertz CT molecular complexity index is 1350. The number of ketones is 2. The van der Waals surface area contributed by atoms with Crippen molar-refractivity contribution in [2.75, 3.05) is 0 Å². The van der Waals surface area contributed by atoms with Gasteiger partial charge in [0.2, 0.25) is 0 Å². The van der Waals surface area contributed by atoms with E-state index in [9.17, 15) is 9.59 Å². The zero-order valence-corrected chi connectivity index (χ0v) is 17.2. The highest BCUT2D eigenvalue weighted by molar-refractivity contribution is 6.41. The largest absolute Gasteiger partial charge is 0.488 e. The maximum Gasteiger partial charge on any atom is 0.197 e.